The van der Waals surface area contributed by atoms with Gasteiger partial charge in [0.15, 0.2) is 0 Å². The van der Waals surface area contributed by atoms with Gasteiger partial charge in [-0.3, -0.25) is 9.80 Å². The van der Waals surface area contributed by atoms with Crippen LogP contribution in [0.3, 0.4) is 0 Å². The number of nitrogens with zero attached hydrogens (tertiary/aromatic N) is 2. The molecular weight excluding hydrogens is 224 g/mol. The number of hydrogen-bond donors (Lipinski definition) is 1. The number of β-amino-alcohol motifs (C(OH)–C–C–N with tert-alkyl or cyclic N) is 1. The molecule has 2 unspecified atom stereocenters. The van der Waals surface area contributed by atoms with Crippen LogP contribution in [0.25, 0.3) is 0 Å². The second-order valence-corrected chi connectivity index (χ2v) is 5.82. The van der Waals surface area contributed by atoms with E-state index in [-0.39, 0.29) is 6.10 Å². The van der Waals surface area contributed by atoms with E-state index in [0.29, 0.717) is 0 Å². The van der Waals surface area contributed by atoms with Gasteiger partial charge in [0, 0.05) is 19.1 Å². The summed E-state index contributed by atoms with van der Waals surface area (Å²) in [5.74, 6) is 0. The van der Waals surface area contributed by atoms with Crippen molar-refractivity contribution in [3.63, 3.8) is 0 Å². The number of allylic oxidation sites excluding steroid dienone is 1. The van der Waals surface area contributed by atoms with Gasteiger partial charge in [0.1, 0.15) is 0 Å². The van der Waals surface area contributed by atoms with E-state index in [4.69, 9.17) is 0 Å². The summed E-state index contributed by atoms with van der Waals surface area (Å²) in [6.07, 6.45) is 8.87. The maximum atomic E-state index is 9.98. The van der Waals surface area contributed by atoms with Crippen LogP contribution in [0.5, 0.6) is 0 Å². The zero-order valence-electron chi connectivity index (χ0n) is 11.6. The smallest absolute Gasteiger partial charge is 0.0670 e. The topological polar surface area (TPSA) is 26.7 Å². The Bertz CT molecular complexity index is 251. The molecular formula is C15H28N2O. The summed E-state index contributed by atoms with van der Waals surface area (Å²) in [4.78, 5) is 5.11. The lowest BCUT2D eigenvalue weighted by Crippen LogP contribution is -2.48. The first-order chi connectivity index (χ1) is 8.79. The van der Waals surface area contributed by atoms with Gasteiger partial charge in [-0.05, 0) is 58.2 Å². The number of aliphatic hydroxyl groups excluding tert-OH is 1. The Morgan fingerprint density at radius 1 is 1.22 bits per heavy atom. The third kappa shape index (κ3) is 4.08. The Hall–Kier alpha value is -0.380. The highest BCUT2D eigenvalue weighted by Gasteiger charge is 2.27. The predicted molar refractivity (Wildman–Crippen MR) is 75.7 cm³/mol. The van der Waals surface area contributed by atoms with E-state index < -0.39 is 0 Å². The van der Waals surface area contributed by atoms with Crippen LogP contribution in [-0.4, -0.2) is 59.8 Å². The van der Waals surface area contributed by atoms with E-state index in [1.165, 1.54) is 38.8 Å². The van der Waals surface area contributed by atoms with Crippen molar-refractivity contribution in [2.24, 2.45) is 0 Å². The molecule has 0 spiro atoms. The molecule has 2 aliphatic heterocycles. The average molecular weight is 252 g/mol. The van der Waals surface area contributed by atoms with Gasteiger partial charge in [-0.25, -0.2) is 0 Å². The lowest BCUT2D eigenvalue weighted by Gasteiger charge is -2.38. The van der Waals surface area contributed by atoms with Crippen LogP contribution in [0.1, 0.15) is 38.5 Å². The maximum absolute atomic E-state index is 9.98. The Labute approximate surface area is 111 Å². The van der Waals surface area contributed by atoms with E-state index in [9.17, 15) is 5.11 Å². The van der Waals surface area contributed by atoms with E-state index in [1.54, 1.807) is 0 Å². The number of hydrogen-bond acceptors (Lipinski definition) is 3. The number of piperidine rings is 1. The van der Waals surface area contributed by atoms with Crippen LogP contribution in [0.15, 0.2) is 12.7 Å². The quantitative estimate of drug-likeness (QED) is 0.731. The zero-order chi connectivity index (χ0) is 12.8. The van der Waals surface area contributed by atoms with Gasteiger partial charge in [-0.1, -0.05) is 6.08 Å². The molecule has 2 heterocycles. The molecule has 104 valence electrons. The SMILES string of the molecule is C=CCCC(O)CN1CCCC(N2CCCC2)C1. The first-order valence-corrected chi connectivity index (χ1v) is 7.55. The summed E-state index contributed by atoms with van der Waals surface area (Å²) < 4.78 is 0. The molecule has 0 aromatic rings. The Kier molecular flexibility index (Phi) is 5.67. The van der Waals surface area contributed by atoms with Gasteiger partial charge in [-0.2, -0.15) is 0 Å². The van der Waals surface area contributed by atoms with Crippen molar-refractivity contribution >= 4 is 0 Å². The van der Waals surface area contributed by atoms with Crippen LogP contribution in [-0.2, 0) is 0 Å². The van der Waals surface area contributed by atoms with Crippen molar-refractivity contribution in [2.75, 3.05) is 32.7 Å². The normalized spacial score (nSPS) is 28.4. The molecule has 2 aliphatic rings. The van der Waals surface area contributed by atoms with E-state index >= 15 is 0 Å². The largest absolute Gasteiger partial charge is 0.392 e. The van der Waals surface area contributed by atoms with Gasteiger partial charge in [0.2, 0.25) is 0 Å². The maximum Gasteiger partial charge on any atom is 0.0670 e. The standard InChI is InChI=1S/C15H28N2O/c1-2-3-8-15(18)13-16-9-6-7-14(12-16)17-10-4-5-11-17/h2,14-15,18H,1,3-13H2. The molecule has 1 N–H and O–H groups in total. The number of rotatable bonds is 6. The fourth-order valence-electron chi connectivity index (χ4n) is 3.30. The molecule has 3 nitrogen and oxygen atoms in total. The van der Waals surface area contributed by atoms with Gasteiger partial charge in [0.25, 0.3) is 0 Å². The molecule has 2 rings (SSSR count). The second kappa shape index (κ2) is 7.27. The Morgan fingerprint density at radius 3 is 2.72 bits per heavy atom. The van der Waals surface area contributed by atoms with Crippen molar-refractivity contribution in [3.8, 4) is 0 Å². The first kappa shape index (κ1) is 14.0. The monoisotopic (exact) mass is 252 g/mol. The molecule has 3 heteroatoms. The lowest BCUT2D eigenvalue weighted by atomic mass is 10.0. The molecule has 0 aliphatic carbocycles. The van der Waals surface area contributed by atoms with Crippen LogP contribution >= 0.6 is 0 Å². The summed E-state index contributed by atoms with van der Waals surface area (Å²) in [7, 11) is 0. The number of likely N-dealkylation sites (tertiary alicyclic amines) is 2. The molecule has 2 fully saturated rings. The van der Waals surface area contributed by atoms with Crippen LogP contribution < -0.4 is 0 Å². The summed E-state index contributed by atoms with van der Waals surface area (Å²) in [5, 5.41) is 9.98. The number of aliphatic hydroxyl groups is 1. The predicted octanol–water partition coefficient (Wildman–Crippen LogP) is 1.87. The molecule has 0 aromatic carbocycles. The Balaban J connectivity index is 1.73. The highest BCUT2D eigenvalue weighted by Crippen LogP contribution is 2.20. The van der Waals surface area contributed by atoms with Crippen molar-refractivity contribution in [2.45, 2.75) is 50.7 Å². The minimum atomic E-state index is -0.180. The molecule has 18 heavy (non-hydrogen) atoms. The fourth-order valence-corrected chi connectivity index (χ4v) is 3.30. The lowest BCUT2D eigenvalue weighted by molar-refractivity contribution is 0.0622. The summed E-state index contributed by atoms with van der Waals surface area (Å²) in [6, 6.07) is 0.743. The Morgan fingerprint density at radius 2 is 2.00 bits per heavy atom. The summed E-state index contributed by atoms with van der Waals surface area (Å²) in [5.41, 5.74) is 0. The van der Waals surface area contributed by atoms with Crippen molar-refractivity contribution in [1.29, 1.82) is 0 Å². The van der Waals surface area contributed by atoms with E-state index in [1.807, 2.05) is 6.08 Å². The van der Waals surface area contributed by atoms with E-state index in [0.717, 1.165) is 38.5 Å². The van der Waals surface area contributed by atoms with Gasteiger partial charge < -0.3 is 5.11 Å². The highest BCUT2D eigenvalue weighted by molar-refractivity contribution is 4.84. The molecule has 0 amide bonds. The highest BCUT2D eigenvalue weighted by atomic mass is 16.3. The molecule has 2 atom stereocenters. The first-order valence-electron chi connectivity index (χ1n) is 7.55. The molecule has 2 saturated heterocycles. The second-order valence-electron chi connectivity index (χ2n) is 5.82. The van der Waals surface area contributed by atoms with Gasteiger partial charge in [0.05, 0.1) is 6.10 Å². The van der Waals surface area contributed by atoms with Crippen LogP contribution in [0.4, 0.5) is 0 Å². The average Bonchev–Trinajstić information content (AvgIpc) is 2.90. The third-order valence-electron chi connectivity index (χ3n) is 4.31. The van der Waals surface area contributed by atoms with Crippen molar-refractivity contribution < 1.29 is 5.11 Å². The summed E-state index contributed by atoms with van der Waals surface area (Å²) in [6.45, 7) is 9.46. The van der Waals surface area contributed by atoms with Gasteiger partial charge in [-0.15, -0.1) is 6.58 Å². The van der Waals surface area contributed by atoms with Crippen molar-refractivity contribution in [1.82, 2.24) is 9.80 Å². The van der Waals surface area contributed by atoms with Gasteiger partial charge >= 0.3 is 0 Å². The third-order valence-corrected chi connectivity index (χ3v) is 4.31. The zero-order valence-corrected chi connectivity index (χ0v) is 11.6. The van der Waals surface area contributed by atoms with Crippen LogP contribution in [0, 0.1) is 0 Å². The van der Waals surface area contributed by atoms with Crippen molar-refractivity contribution in [3.05, 3.63) is 12.7 Å². The molecule has 0 bridgehead atoms. The summed E-state index contributed by atoms with van der Waals surface area (Å²) >= 11 is 0. The molecule has 0 saturated carbocycles. The van der Waals surface area contributed by atoms with E-state index in [2.05, 4.69) is 16.4 Å². The molecule has 0 radical (unpaired) electrons. The van der Waals surface area contributed by atoms with Crippen LogP contribution in [0.2, 0.25) is 0 Å². The molecule has 0 aromatic heterocycles. The minimum Gasteiger partial charge on any atom is -0.392 e. The minimum absolute atomic E-state index is 0.180. The fraction of sp³-hybridized carbons (Fsp3) is 0.867.